The van der Waals surface area contributed by atoms with Gasteiger partial charge >= 0.3 is 0 Å². The first-order valence-corrected chi connectivity index (χ1v) is 3.94. The predicted molar refractivity (Wildman–Crippen MR) is 47.3 cm³/mol. The molecule has 0 atom stereocenters. The molecule has 0 amide bonds. The van der Waals surface area contributed by atoms with E-state index in [2.05, 4.69) is 18.7 Å². The van der Waals surface area contributed by atoms with Crippen LogP contribution in [0.4, 0.5) is 0 Å². The molecule has 2 heteroatoms. The molecule has 11 heavy (non-hydrogen) atoms. The molecule has 0 N–H and O–H groups in total. The Morgan fingerprint density at radius 3 is 2.64 bits per heavy atom. The number of nitrogens with zero attached hydrogens (tertiary/aromatic N) is 1. The van der Waals surface area contributed by atoms with E-state index in [4.69, 9.17) is 4.52 Å². The second-order valence-corrected chi connectivity index (χ2v) is 1.78. The third-order valence-corrected chi connectivity index (χ3v) is 1.25. The van der Waals surface area contributed by atoms with Crippen molar-refractivity contribution >= 4 is 6.08 Å². The molecule has 0 aliphatic carbocycles. The van der Waals surface area contributed by atoms with Crippen molar-refractivity contribution in [2.75, 3.05) is 0 Å². The molecule has 0 spiro atoms. The van der Waals surface area contributed by atoms with Crippen LogP contribution in [0.25, 0.3) is 6.08 Å². The molecule has 0 bridgehead atoms. The molecular weight excluding hydrogens is 138 g/mol. The van der Waals surface area contributed by atoms with E-state index in [1.54, 1.807) is 12.3 Å². The Labute approximate surface area is 67.9 Å². The molecule has 62 valence electrons. The van der Waals surface area contributed by atoms with Crippen molar-refractivity contribution in [1.29, 1.82) is 0 Å². The van der Waals surface area contributed by atoms with Gasteiger partial charge in [0.2, 0.25) is 0 Å². The molecule has 0 aliphatic rings. The summed E-state index contributed by atoms with van der Waals surface area (Å²) < 4.78 is 4.71. The Bertz CT molecular complexity index is 203. The van der Waals surface area contributed by atoms with E-state index in [0.717, 1.165) is 17.7 Å². The van der Waals surface area contributed by atoms with Crippen LogP contribution in [0.2, 0.25) is 0 Å². The topological polar surface area (TPSA) is 26.0 Å². The van der Waals surface area contributed by atoms with Gasteiger partial charge in [0.1, 0.15) is 12.0 Å². The molecular formula is C9H15NO. The standard InChI is InChI=1S/C7H9NO.C2H6/c1-3-6-5-9-8-7(6)4-2;1-2/h4-5H,2-3H2,1H3;1-2H3. The monoisotopic (exact) mass is 153 g/mol. The van der Waals surface area contributed by atoms with Crippen LogP contribution in [0.3, 0.4) is 0 Å². The normalized spacial score (nSPS) is 8.27. The van der Waals surface area contributed by atoms with Gasteiger partial charge in [0, 0.05) is 5.56 Å². The van der Waals surface area contributed by atoms with Crippen molar-refractivity contribution in [1.82, 2.24) is 5.16 Å². The second-order valence-electron chi connectivity index (χ2n) is 1.78. The van der Waals surface area contributed by atoms with Crippen molar-refractivity contribution < 1.29 is 4.52 Å². The van der Waals surface area contributed by atoms with Crippen molar-refractivity contribution in [3.05, 3.63) is 24.1 Å². The molecule has 1 heterocycles. The largest absolute Gasteiger partial charge is 0.364 e. The Balaban J connectivity index is 0.000000461. The fourth-order valence-electron chi connectivity index (χ4n) is 0.699. The fraction of sp³-hybridized carbons (Fsp3) is 0.444. The Hall–Kier alpha value is -1.05. The first kappa shape index (κ1) is 9.95. The van der Waals surface area contributed by atoms with Crippen LogP contribution < -0.4 is 0 Å². The molecule has 1 aromatic heterocycles. The van der Waals surface area contributed by atoms with Gasteiger partial charge in [0.15, 0.2) is 0 Å². The predicted octanol–water partition coefficient (Wildman–Crippen LogP) is 2.91. The Kier molecular flexibility index (Phi) is 5.17. The highest BCUT2D eigenvalue weighted by atomic mass is 16.5. The average molecular weight is 153 g/mol. The molecule has 0 radical (unpaired) electrons. The summed E-state index contributed by atoms with van der Waals surface area (Å²) in [6.45, 7) is 9.64. The van der Waals surface area contributed by atoms with Crippen LogP contribution in [0.1, 0.15) is 32.0 Å². The summed E-state index contributed by atoms with van der Waals surface area (Å²) in [6, 6.07) is 0. The number of rotatable bonds is 2. The van der Waals surface area contributed by atoms with Crippen LogP contribution in [-0.2, 0) is 6.42 Å². The van der Waals surface area contributed by atoms with Crippen LogP contribution in [0.15, 0.2) is 17.4 Å². The quantitative estimate of drug-likeness (QED) is 0.653. The third kappa shape index (κ3) is 2.58. The maximum atomic E-state index is 4.71. The van der Waals surface area contributed by atoms with Gasteiger partial charge in [-0.15, -0.1) is 0 Å². The number of hydrogen-bond acceptors (Lipinski definition) is 2. The molecule has 0 fully saturated rings. The van der Waals surface area contributed by atoms with E-state index < -0.39 is 0 Å². The summed E-state index contributed by atoms with van der Waals surface area (Å²) in [6.07, 6.45) is 4.30. The van der Waals surface area contributed by atoms with Gasteiger partial charge in [-0.25, -0.2) is 0 Å². The van der Waals surface area contributed by atoms with Crippen molar-refractivity contribution in [2.45, 2.75) is 27.2 Å². The van der Waals surface area contributed by atoms with Gasteiger partial charge in [0.25, 0.3) is 0 Å². The second kappa shape index (κ2) is 5.71. The molecule has 0 aromatic carbocycles. The summed E-state index contributed by atoms with van der Waals surface area (Å²) in [5, 5.41) is 3.71. The van der Waals surface area contributed by atoms with Gasteiger partial charge < -0.3 is 4.52 Å². The van der Waals surface area contributed by atoms with Gasteiger partial charge in [-0.1, -0.05) is 32.5 Å². The fourth-order valence-corrected chi connectivity index (χ4v) is 0.699. The van der Waals surface area contributed by atoms with Gasteiger partial charge in [-0.05, 0) is 12.5 Å². The third-order valence-electron chi connectivity index (χ3n) is 1.25. The van der Waals surface area contributed by atoms with Gasteiger partial charge in [0.05, 0.1) is 0 Å². The van der Waals surface area contributed by atoms with Gasteiger partial charge in [-0.2, -0.15) is 0 Å². The van der Waals surface area contributed by atoms with E-state index in [1.165, 1.54) is 0 Å². The smallest absolute Gasteiger partial charge is 0.127 e. The number of hydrogen-bond donors (Lipinski definition) is 0. The summed E-state index contributed by atoms with van der Waals surface area (Å²) in [4.78, 5) is 0. The lowest BCUT2D eigenvalue weighted by atomic mass is 10.2. The summed E-state index contributed by atoms with van der Waals surface area (Å²) in [7, 11) is 0. The Morgan fingerprint density at radius 1 is 1.64 bits per heavy atom. The van der Waals surface area contributed by atoms with E-state index in [1.807, 2.05) is 13.8 Å². The molecule has 1 rings (SSSR count). The minimum absolute atomic E-state index is 0.859. The summed E-state index contributed by atoms with van der Waals surface area (Å²) in [5.74, 6) is 0. The molecule has 0 saturated carbocycles. The zero-order chi connectivity index (χ0) is 8.69. The first-order chi connectivity index (χ1) is 5.38. The minimum Gasteiger partial charge on any atom is -0.364 e. The van der Waals surface area contributed by atoms with E-state index in [9.17, 15) is 0 Å². The highest BCUT2D eigenvalue weighted by molar-refractivity contribution is 5.44. The lowest BCUT2D eigenvalue weighted by molar-refractivity contribution is 0.417. The van der Waals surface area contributed by atoms with E-state index in [-0.39, 0.29) is 0 Å². The lowest BCUT2D eigenvalue weighted by Gasteiger charge is -1.84. The number of aryl methyl sites for hydroxylation is 1. The van der Waals surface area contributed by atoms with Crippen LogP contribution >= 0.6 is 0 Å². The van der Waals surface area contributed by atoms with Crippen LogP contribution in [0.5, 0.6) is 0 Å². The van der Waals surface area contributed by atoms with E-state index in [0.29, 0.717) is 0 Å². The van der Waals surface area contributed by atoms with E-state index >= 15 is 0 Å². The van der Waals surface area contributed by atoms with Crippen molar-refractivity contribution in [3.8, 4) is 0 Å². The minimum atomic E-state index is 0.859. The van der Waals surface area contributed by atoms with Crippen molar-refractivity contribution in [3.63, 3.8) is 0 Å². The molecule has 2 nitrogen and oxygen atoms in total. The summed E-state index contributed by atoms with van der Waals surface area (Å²) >= 11 is 0. The highest BCUT2D eigenvalue weighted by Gasteiger charge is 1.98. The summed E-state index contributed by atoms with van der Waals surface area (Å²) in [5.41, 5.74) is 1.97. The maximum absolute atomic E-state index is 4.71. The van der Waals surface area contributed by atoms with Gasteiger partial charge in [-0.3, -0.25) is 0 Å². The maximum Gasteiger partial charge on any atom is 0.127 e. The molecule has 1 aromatic rings. The SMILES string of the molecule is C=Cc1nocc1CC.CC. The van der Waals surface area contributed by atoms with Crippen LogP contribution in [-0.4, -0.2) is 5.16 Å². The number of aromatic nitrogens is 1. The zero-order valence-corrected chi connectivity index (χ0v) is 7.42. The molecule has 0 aliphatic heterocycles. The molecule has 0 saturated heterocycles. The van der Waals surface area contributed by atoms with Crippen LogP contribution in [0, 0.1) is 0 Å². The lowest BCUT2D eigenvalue weighted by Crippen LogP contribution is -1.78. The molecule has 0 unspecified atom stereocenters. The zero-order valence-electron chi connectivity index (χ0n) is 7.42. The average Bonchev–Trinajstić information content (AvgIpc) is 2.54. The van der Waals surface area contributed by atoms with Crippen molar-refractivity contribution in [2.24, 2.45) is 0 Å². The Morgan fingerprint density at radius 2 is 2.27 bits per heavy atom. The highest BCUT2D eigenvalue weighted by Crippen LogP contribution is 2.07. The first-order valence-electron chi connectivity index (χ1n) is 3.94.